The second-order valence-corrected chi connectivity index (χ2v) is 11.4. The Morgan fingerprint density at radius 1 is 0.447 bits per heavy atom. The van der Waals surface area contributed by atoms with Gasteiger partial charge in [0.1, 0.15) is 37.9 Å². The molecule has 0 N–H and O–H groups in total. The van der Waals surface area contributed by atoms with Gasteiger partial charge in [0.25, 0.3) is 0 Å². The van der Waals surface area contributed by atoms with Crippen LogP contribution in [0.5, 0.6) is 11.5 Å². The molecule has 7 aromatic rings. The molecule has 0 saturated heterocycles. The number of rotatable bonds is 10. The summed E-state index contributed by atoms with van der Waals surface area (Å²) in [6, 6.07) is 39.9. The third kappa shape index (κ3) is 6.41. The summed E-state index contributed by atoms with van der Waals surface area (Å²) >= 11 is 6.44. The van der Waals surface area contributed by atoms with Crippen LogP contribution in [-0.2, 0) is 9.47 Å². The first kappa shape index (κ1) is 30.1. The Hall–Kier alpha value is -5.59. The van der Waals surface area contributed by atoms with Crippen molar-refractivity contribution in [2.24, 2.45) is 0 Å². The van der Waals surface area contributed by atoms with E-state index in [2.05, 4.69) is 0 Å². The fourth-order valence-corrected chi connectivity index (χ4v) is 5.91. The van der Waals surface area contributed by atoms with E-state index in [1.54, 1.807) is 18.2 Å². The van der Waals surface area contributed by atoms with Gasteiger partial charge in [0.15, 0.2) is 0 Å². The number of benzene rings is 7. The van der Waals surface area contributed by atoms with Gasteiger partial charge in [-0.1, -0.05) is 96.5 Å². The molecule has 0 atom stereocenters. The molecule has 0 aliphatic heterocycles. The highest BCUT2D eigenvalue weighted by Crippen LogP contribution is 2.43. The van der Waals surface area contributed by atoms with Gasteiger partial charge < -0.3 is 18.9 Å². The van der Waals surface area contributed by atoms with Crippen molar-refractivity contribution in [3.63, 3.8) is 0 Å². The minimum atomic E-state index is -0.415. The topological polar surface area (TPSA) is 71.1 Å². The minimum absolute atomic E-state index is 0.0584. The number of halogens is 1. The summed E-state index contributed by atoms with van der Waals surface area (Å²) in [5.74, 6) is 0.409. The summed E-state index contributed by atoms with van der Waals surface area (Å²) in [6.07, 6.45) is 0. The minimum Gasteiger partial charge on any atom is -0.489 e. The van der Waals surface area contributed by atoms with E-state index in [1.807, 2.05) is 109 Å². The lowest BCUT2D eigenvalue weighted by molar-refractivity contribution is 0.0443. The van der Waals surface area contributed by atoms with Gasteiger partial charge in [-0.2, -0.15) is 0 Å². The predicted molar refractivity (Wildman–Crippen MR) is 186 cm³/mol. The molecule has 6 nitrogen and oxygen atoms in total. The van der Waals surface area contributed by atoms with E-state index in [0.717, 1.165) is 43.1 Å². The lowest BCUT2D eigenvalue weighted by Gasteiger charge is -2.18. The molecule has 47 heavy (non-hydrogen) atoms. The van der Waals surface area contributed by atoms with Crippen molar-refractivity contribution in [1.82, 2.24) is 0 Å². The lowest BCUT2D eigenvalue weighted by atomic mass is 10.0. The van der Waals surface area contributed by atoms with Crippen LogP contribution in [0.25, 0.3) is 43.1 Å². The normalized spacial score (nSPS) is 11.2. The first-order valence-electron chi connectivity index (χ1n) is 15.3. The van der Waals surface area contributed by atoms with Crippen LogP contribution < -0.4 is 9.47 Å². The number of ether oxygens (including phenoxy) is 4. The number of hydrogen-bond acceptors (Lipinski definition) is 6. The quantitative estimate of drug-likeness (QED) is 0.0843. The van der Waals surface area contributed by atoms with Gasteiger partial charge in [-0.15, -0.1) is 0 Å². The van der Waals surface area contributed by atoms with Crippen molar-refractivity contribution in [1.29, 1.82) is 0 Å². The van der Waals surface area contributed by atoms with Crippen LogP contribution >= 0.6 is 11.6 Å². The zero-order valence-corrected chi connectivity index (χ0v) is 26.0. The smallest absolute Gasteiger partial charge is 0.338 e. The van der Waals surface area contributed by atoms with E-state index in [4.69, 9.17) is 30.5 Å². The largest absolute Gasteiger partial charge is 0.489 e. The molecule has 0 aliphatic carbocycles. The van der Waals surface area contributed by atoms with Crippen LogP contribution in [0, 0.1) is 0 Å². The van der Waals surface area contributed by atoms with Crippen LogP contribution in [0.1, 0.15) is 20.7 Å². The standard InChI is InChI=1S/C40H29ClO6/c41-32-17-18-35-36(25-32)38(45-20-22-47-40(43)31-16-14-27-8-2-4-10-29(27)24-31)34-12-6-5-11-33(34)37(35)44-19-21-46-39(42)30-15-13-26-7-1-3-9-28(26)23-30/h1-18,23-25H,19-22H2. The number of esters is 2. The SMILES string of the molecule is O=C(OCCOc1c2ccccc2c(OCCOC(=O)c2ccc3ccccc3c2)c2cc(Cl)ccc12)c1ccc2ccccc2c1. The Morgan fingerprint density at radius 3 is 1.43 bits per heavy atom. The molecule has 0 aromatic heterocycles. The molecule has 7 rings (SSSR count). The van der Waals surface area contributed by atoms with Crippen LogP contribution in [0.4, 0.5) is 0 Å². The van der Waals surface area contributed by atoms with Gasteiger partial charge in [0, 0.05) is 26.6 Å². The Kier molecular flexibility index (Phi) is 8.58. The van der Waals surface area contributed by atoms with E-state index in [9.17, 15) is 9.59 Å². The molecule has 0 radical (unpaired) electrons. The fourth-order valence-electron chi connectivity index (χ4n) is 5.74. The molecule has 0 bridgehead atoms. The van der Waals surface area contributed by atoms with Crippen molar-refractivity contribution in [3.05, 3.63) is 144 Å². The fraction of sp³-hybridized carbons (Fsp3) is 0.100. The molecule has 7 heteroatoms. The van der Waals surface area contributed by atoms with Crippen molar-refractivity contribution in [3.8, 4) is 11.5 Å². The molecule has 0 heterocycles. The zero-order chi connectivity index (χ0) is 32.2. The summed E-state index contributed by atoms with van der Waals surface area (Å²) in [5.41, 5.74) is 0.967. The second kappa shape index (κ2) is 13.4. The molecule has 0 spiro atoms. The molecular weight excluding hydrogens is 612 g/mol. The zero-order valence-electron chi connectivity index (χ0n) is 25.3. The number of hydrogen-bond donors (Lipinski definition) is 0. The van der Waals surface area contributed by atoms with Crippen LogP contribution in [-0.4, -0.2) is 38.4 Å². The summed E-state index contributed by atoms with van der Waals surface area (Å²) in [5, 5.41) is 7.77. The van der Waals surface area contributed by atoms with Crippen molar-refractivity contribution >= 4 is 66.6 Å². The Labute approximate surface area is 276 Å². The monoisotopic (exact) mass is 640 g/mol. The third-order valence-electron chi connectivity index (χ3n) is 7.98. The predicted octanol–water partition coefficient (Wildman–Crippen LogP) is 9.42. The number of carbonyl (C=O) groups is 2. The Balaban J connectivity index is 1.05. The van der Waals surface area contributed by atoms with E-state index >= 15 is 0 Å². The average molecular weight is 641 g/mol. The molecule has 0 unspecified atom stereocenters. The molecule has 7 aromatic carbocycles. The summed E-state index contributed by atoms with van der Waals surface area (Å²) in [6.45, 7) is 0.403. The van der Waals surface area contributed by atoms with Crippen molar-refractivity contribution in [2.75, 3.05) is 26.4 Å². The van der Waals surface area contributed by atoms with Crippen LogP contribution in [0.15, 0.2) is 127 Å². The number of carbonyl (C=O) groups excluding carboxylic acids is 2. The molecule has 0 saturated carbocycles. The van der Waals surface area contributed by atoms with Gasteiger partial charge in [-0.3, -0.25) is 0 Å². The average Bonchev–Trinajstić information content (AvgIpc) is 3.11. The lowest BCUT2D eigenvalue weighted by Crippen LogP contribution is -2.13. The highest BCUT2D eigenvalue weighted by Gasteiger charge is 2.18. The van der Waals surface area contributed by atoms with Gasteiger partial charge in [-0.05, 0) is 64.0 Å². The van der Waals surface area contributed by atoms with Gasteiger partial charge >= 0.3 is 11.9 Å². The summed E-state index contributed by atoms with van der Waals surface area (Å²) in [4.78, 5) is 25.5. The molecule has 232 valence electrons. The molecule has 0 amide bonds. The van der Waals surface area contributed by atoms with Gasteiger partial charge in [0.2, 0.25) is 0 Å². The van der Waals surface area contributed by atoms with Gasteiger partial charge in [0.05, 0.1) is 11.1 Å². The maximum absolute atomic E-state index is 12.8. The molecular formula is C40H29ClO6. The number of fused-ring (bicyclic) bond motifs is 4. The second-order valence-electron chi connectivity index (χ2n) is 11.0. The Morgan fingerprint density at radius 2 is 0.894 bits per heavy atom. The first-order valence-corrected chi connectivity index (χ1v) is 15.6. The van der Waals surface area contributed by atoms with E-state index in [-0.39, 0.29) is 26.4 Å². The molecule has 0 fully saturated rings. The highest BCUT2D eigenvalue weighted by molar-refractivity contribution is 6.31. The van der Waals surface area contributed by atoms with E-state index < -0.39 is 11.9 Å². The van der Waals surface area contributed by atoms with E-state index in [1.165, 1.54) is 0 Å². The molecule has 0 aliphatic rings. The summed E-state index contributed by atoms with van der Waals surface area (Å²) < 4.78 is 23.7. The maximum Gasteiger partial charge on any atom is 0.338 e. The van der Waals surface area contributed by atoms with Crippen LogP contribution in [0.2, 0.25) is 5.02 Å². The van der Waals surface area contributed by atoms with Crippen molar-refractivity contribution < 1.29 is 28.5 Å². The van der Waals surface area contributed by atoms with Gasteiger partial charge in [-0.25, -0.2) is 9.59 Å². The maximum atomic E-state index is 12.8. The van der Waals surface area contributed by atoms with Crippen molar-refractivity contribution in [2.45, 2.75) is 0 Å². The summed E-state index contributed by atoms with van der Waals surface area (Å²) in [7, 11) is 0. The highest BCUT2D eigenvalue weighted by atomic mass is 35.5. The van der Waals surface area contributed by atoms with Crippen LogP contribution in [0.3, 0.4) is 0 Å². The third-order valence-corrected chi connectivity index (χ3v) is 8.22. The van der Waals surface area contributed by atoms with E-state index in [0.29, 0.717) is 27.6 Å². The first-order chi connectivity index (χ1) is 23.0. The Bertz CT molecular complexity index is 2280.